The van der Waals surface area contributed by atoms with Gasteiger partial charge in [0.15, 0.2) is 28.5 Å². The van der Waals surface area contributed by atoms with E-state index < -0.39 is 58.5 Å². The first-order chi connectivity index (χ1) is 28.0. The summed E-state index contributed by atoms with van der Waals surface area (Å²) >= 11 is 1.46. The predicted molar refractivity (Wildman–Crippen MR) is 208 cm³/mol. The summed E-state index contributed by atoms with van der Waals surface area (Å²) in [5, 5.41) is 37.9. The summed E-state index contributed by atoms with van der Waals surface area (Å²) in [5.74, 6) is 1.08. The molecule has 0 saturated carbocycles. The van der Waals surface area contributed by atoms with Crippen LogP contribution in [0.3, 0.4) is 0 Å². The Bertz CT molecular complexity index is 2550. The van der Waals surface area contributed by atoms with E-state index in [2.05, 4.69) is 34.2 Å². The number of nitriles is 1. The van der Waals surface area contributed by atoms with Crippen LogP contribution in [-0.4, -0.2) is 89.0 Å². The molecule has 12 rings (SSSR count). The normalized spacial score (nSPS) is 32.6. The Morgan fingerprint density at radius 2 is 1.93 bits per heavy atom. The average Bonchev–Trinajstić information content (AvgIpc) is 3.90. The molecule has 9 atom stereocenters. The van der Waals surface area contributed by atoms with Gasteiger partial charge < -0.3 is 38.3 Å². The maximum Gasteiger partial charge on any atom is 0.335 e. The molecule has 58 heavy (non-hydrogen) atoms. The van der Waals surface area contributed by atoms with E-state index in [0.29, 0.717) is 63.9 Å². The number of furan rings is 1. The van der Waals surface area contributed by atoms with Gasteiger partial charge in [0, 0.05) is 69.5 Å². The molecule has 1 aromatic heterocycles. The summed E-state index contributed by atoms with van der Waals surface area (Å²) in [7, 11) is 1.55. The molecule has 0 radical (unpaired) electrons. The number of hydrogen-bond acceptors (Lipinski definition) is 15. The van der Waals surface area contributed by atoms with E-state index in [9.17, 15) is 20.3 Å². The minimum atomic E-state index is -1.53. The van der Waals surface area contributed by atoms with Crippen molar-refractivity contribution in [1.82, 2.24) is 15.1 Å². The number of aryl methyl sites for hydroxylation is 1. The number of ether oxygens (including phenoxy) is 5. The van der Waals surface area contributed by atoms with Gasteiger partial charge in [0.05, 0.1) is 37.1 Å². The molecule has 3 N–H and O–H groups in total. The van der Waals surface area contributed by atoms with Crippen molar-refractivity contribution in [2.24, 2.45) is 0 Å². The second-order valence-corrected chi connectivity index (χ2v) is 17.9. The van der Waals surface area contributed by atoms with Crippen molar-refractivity contribution in [2.45, 2.75) is 93.1 Å². The summed E-state index contributed by atoms with van der Waals surface area (Å²) in [6, 6.07) is 9.24. The number of esters is 2. The Balaban J connectivity index is 1.19. The zero-order chi connectivity index (χ0) is 40.2. The second kappa shape index (κ2) is 12.3. The van der Waals surface area contributed by atoms with Crippen LogP contribution in [0.15, 0.2) is 34.7 Å². The third-order valence-corrected chi connectivity index (χ3v) is 15.4. The summed E-state index contributed by atoms with van der Waals surface area (Å²) < 4.78 is 37.4. The van der Waals surface area contributed by atoms with E-state index in [1.54, 1.807) is 7.11 Å². The number of carbonyl (C=O) groups is 2. The van der Waals surface area contributed by atoms with Crippen LogP contribution in [0.2, 0.25) is 0 Å². The molecular weight excluding hydrogens is 765 g/mol. The van der Waals surface area contributed by atoms with E-state index >= 15 is 4.79 Å². The van der Waals surface area contributed by atoms with Gasteiger partial charge in [-0.25, -0.2) is 4.79 Å². The minimum absolute atomic E-state index is 0.0575. The van der Waals surface area contributed by atoms with Gasteiger partial charge in [0.1, 0.15) is 29.7 Å². The maximum absolute atomic E-state index is 15.0. The fourth-order valence-electron chi connectivity index (χ4n) is 11.7. The second-order valence-electron chi connectivity index (χ2n) is 16.8. The van der Waals surface area contributed by atoms with Crippen LogP contribution in [0.4, 0.5) is 0 Å². The Morgan fingerprint density at radius 3 is 2.69 bits per heavy atom. The zero-order valence-corrected chi connectivity index (χ0v) is 33.4. The fraction of sp³-hybridized carbons (Fsp3) is 0.465. The molecule has 15 heteroatoms. The molecule has 3 fully saturated rings. The molecule has 0 aliphatic carbocycles. The number of benzene rings is 3. The number of methoxy groups -OCH3 is 1. The number of phenols is 1. The Hall–Kier alpha value is -4.98. The largest absolute Gasteiger partial charge is 0.504 e. The number of nitrogens with one attached hydrogen (secondary N) is 1. The molecular formula is C43H42N4O10S. The summed E-state index contributed by atoms with van der Waals surface area (Å²) in [6.07, 6.45) is 1.10. The highest BCUT2D eigenvalue weighted by Crippen LogP contribution is 2.71. The molecule has 0 amide bonds. The standard InChI is InChI=1S/C43H42N4O10S/c1-18-10-24-29(34(50)35(18)52-5)32-33-39-31-30(38-37(54-17-55-38)19(2)36(31)56-20(3)49)27(46(33)26(13-44)25-12-42(24,4)47(25)32)15-53-41(51)43(16-58-39)40-23(11-21(14-48)45-43)22-8-6-7-9-28(22)57-40/h6-10,21,25-27,32-33,39,45,48,50H,11-12,14-17H2,1-5H3/t21-,25-,26-,27?,32-,33+,39+,42+,43+/m0/s1. The lowest BCUT2D eigenvalue weighted by atomic mass is 9.70. The molecule has 14 nitrogen and oxygen atoms in total. The SMILES string of the molecule is COc1c(C)cc2c(c1O)[C@H]1[C@@H]3[C@@H]4SC[C@]5(N[C@H](CO)Cc6c5oc5ccccc65)C(=O)OCC(c5c6c(c(C)c(OC(C)=O)c54)OCO6)N3[C@@H](C#N)[C@@H]3C[C@@]2(C)N31. The smallest absolute Gasteiger partial charge is 0.335 e. The van der Waals surface area contributed by atoms with E-state index in [1.807, 2.05) is 38.1 Å². The number of hydrogen-bond donors (Lipinski definition) is 3. The van der Waals surface area contributed by atoms with Crippen molar-refractivity contribution in [2.75, 3.05) is 32.9 Å². The van der Waals surface area contributed by atoms with Gasteiger partial charge in [0.25, 0.3) is 0 Å². The monoisotopic (exact) mass is 806 g/mol. The van der Waals surface area contributed by atoms with Gasteiger partial charge in [-0.2, -0.15) is 5.26 Å². The minimum Gasteiger partial charge on any atom is -0.504 e. The third-order valence-electron chi connectivity index (χ3n) is 13.9. The number of para-hydroxylation sites is 1. The Labute approximate surface area is 337 Å². The number of thioether (sulfide) groups is 1. The molecule has 1 spiro atoms. The third kappa shape index (κ3) is 4.36. The van der Waals surface area contributed by atoms with Crippen LogP contribution in [0.5, 0.6) is 28.7 Å². The van der Waals surface area contributed by atoms with Gasteiger partial charge in [-0.3, -0.25) is 19.9 Å². The summed E-state index contributed by atoms with van der Waals surface area (Å²) in [6.45, 7) is 6.79. The van der Waals surface area contributed by atoms with Crippen LogP contribution >= 0.6 is 11.8 Å². The molecule has 8 aliphatic heterocycles. The van der Waals surface area contributed by atoms with Crippen molar-refractivity contribution in [3.63, 3.8) is 0 Å². The van der Waals surface area contributed by atoms with E-state index in [0.717, 1.165) is 27.6 Å². The number of aromatic hydroxyl groups is 1. The lowest BCUT2D eigenvalue weighted by molar-refractivity contribution is -0.188. The maximum atomic E-state index is 15.0. The van der Waals surface area contributed by atoms with E-state index in [4.69, 9.17) is 28.1 Å². The number of aliphatic hydroxyl groups is 1. The van der Waals surface area contributed by atoms with Crippen molar-refractivity contribution in [3.05, 3.63) is 75.0 Å². The average molecular weight is 807 g/mol. The summed E-state index contributed by atoms with van der Waals surface area (Å²) in [4.78, 5) is 32.6. The summed E-state index contributed by atoms with van der Waals surface area (Å²) in [5.41, 5.74) is 3.87. The number of carbonyl (C=O) groups excluding carboxylic acids is 2. The van der Waals surface area contributed by atoms with Crippen molar-refractivity contribution in [3.8, 4) is 34.8 Å². The number of piperazine rings is 1. The Kier molecular flexibility index (Phi) is 7.65. The van der Waals surface area contributed by atoms with E-state index in [1.165, 1.54) is 18.7 Å². The first-order valence-corrected chi connectivity index (χ1v) is 20.7. The van der Waals surface area contributed by atoms with Crippen LogP contribution in [0, 0.1) is 25.2 Å². The lowest BCUT2D eigenvalue weighted by Gasteiger charge is -2.66. The van der Waals surface area contributed by atoms with Crippen molar-refractivity contribution < 1.29 is 47.9 Å². The Morgan fingerprint density at radius 1 is 1.14 bits per heavy atom. The predicted octanol–water partition coefficient (Wildman–Crippen LogP) is 4.83. The highest BCUT2D eigenvalue weighted by atomic mass is 32.2. The van der Waals surface area contributed by atoms with Crippen LogP contribution in [0.25, 0.3) is 11.0 Å². The molecule has 300 valence electrons. The first kappa shape index (κ1) is 36.1. The number of aliphatic hydroxyl groups excluding tert-OH is 1. The molecule has 3 aromatic carbocycles. The fourth-order valence-corrected chi connectivity index (χ4v) is 13.4. The van der Waals surface area contributed by atoms with Gasteiger partial charge in [-0.1, -0.05) is 18.2 Å². The quantitative estimate of drug-likeness (QED) is 0.190. The van der Waals surface area contributed by atoms with E-state index in [-0.39, 0.29) is 37.6 Å². The molecule has 3 saturated heterocycles. The zero-order valence-electron chi connectivity index (χ0n) is 32.6. The van der Waals surface area contributed by atoms with Crippen LogP contribution < -0.4 is 24.3 Å². The van der Waals surface area contributed by atoms with Gasteiger partial charge in [0.2, 0.25) is 6.79 Å². The topological polar surface area (TPSA) is 176 Å². The van der Waals surface area contributed by atoms with Crippen molar-refractivity contribution >= 4 is 34.7 Å². The first-order valence-electron chi connectivity index (χ1n) is 19.7. The number of phenolic OH excluding ortho intramolecular Hbond substituents is 1. The molecule has 1 unspecified atom stereocenters. The van der Waals surface area contributed by atoms with Crippen LogP contribution in [0.1, 0.15) is 82.3 Å². The number of nitrogens with zero attached hydrogens (tertiary/aromatic N) is 3. The molecule has 2 bridgehead atoms. The van der Waals surface area contributed by atoms with Crippen LogP contribution in [-0.2, 0) is 31.8 Å². The highest BCUT2D eigenvalue weighted by molar-refractivity contribution is 7.99. The number of fused-ring (bicyclic) bond motifs is 10. The molecule has 8 aliphatic rings. The molecule has 9 heterocycles. The number of rotatable bonds is 3. The van der Waals surface area contributed by atoms with Gasteiger partial charge in [-0.05, 0) is 56.9 Å². The van der Waals surface area contributed by atoms with Gasteiger partial charge in [-0.15, -0.1) is 11.8 Å². The lowest BCUT2D eigenvalue weighted by Crippen LogP contribution is -2.75. The van der Waals surface area contributed by atoms with Gasteiger partial charge >= 0.3 is 11.9 Å². The molecule has 4 aromatic rings. The highest BCUT2D eigenvalue weighted by Gasteiger charge is 2.71. The van der Waals surface area contributed by atoms with Crippen molar-refractivity contribution in [1.29, 1.82) is 5.26 Å².